The molecule has 5 nitrogen and oxygen atoms in total. The Bertz CT molecular complexity index is 562. The minimum Gasteiger partial charge on any atom is -0.356 e. The Morgan fingerprint density at radius 2 is 1.96 bits per heavy atom. The van der Waals surface area contributed by atoms with E-state index < -0.39 is 0 Å². The zero-order valence-electron chi connectivity index (χ0n) is 14.7. The van der Waals surface area contributed by atoms with E-state index in [4.69, 9.17) is 0 Å². The van der Waals surface area contributed by atoms with Gasteiger partial charge in [-0.2, -0.15) is 0 Å². The first-order valence-corrected chi connectivity index (χ1v) is 8.65. The summed E-state index contributed by atoms with van der Waals surface area (Å²) in [6.45, 7) is 1.19. The van der Waals surface area contributed by atoms with Crippen LogP contribution in [-0.2, 0) is 11.2 Å². The number of rotatable bonds is 7. The standard InChI is InChI=1S/C18H27FN4O.HI/c1-20-18(21-11-9-14-5-4-6-15(19)13-14)22-12-10-17(24)23-16-7-2-3-8-16;/h4-6,13,16H,2-3,7-12H2,1H3,(H,23,24)(H2,20,21,22);1H. The van der Waals surface area contributed by atoms with Crippen LogP contribution in [0, 0.1) is 5.82 Å². The van der Waals surface area contributed by atoms with Crippen LogP contribution in [0.1, 0.15) is 37.7 Å². The van der Waals surface area contributed by atoms with Crippen LogP contribution in [0.5, 0.6) is 0 Å². The van der Waals surface area contributed by atoms with Crippen molar-refractivity contribution in [3.8, 4) is 0 Å². The van der Waals surface area contributed by atoms with Gasteiger partial charge in [0.15, 0.2) is 5.96 Å². The topological polar surface area (TPSA) is 65.5 Å². The highest BCUT2D eigenvalue weighted by Gasteiger charge is 2.16. The molecule has 1 saturated carbocycles. The maximum absolute atomic E-state index is 13.1. The largest absolute Gasteiger partial charge is 0.356 e. The van der Waals surface area contributed by atoms with E-state index in [1.807, 2.05) is 6.07 Å². The number of nitrogens with one attached hydrogen (secondary N) is 3. The summed E-state index contributed by atoms with van der Waals surface area (Å²) in [6, 6.07) is 6.94. The molecule has 0 saturated heterocycles. The molecule has 0 bridgehead atoms. The lowest BCUT2D eigenvalue weighted by Crippen LogP contribution is -2.41. The number of benzene rings is 1. The summed E-state index contributed by atoms with van der Waals surface area (Å²) in [7, 11) is 1.69. The predicted octanol–water partition coefficient (Wildman–Crippen LogP) is 2.60. The minimum atomic E-state index is -0.219. The summed E-state index contributed by atoms with van der Waals surface area (Å²) < 4.78 is 13.1. The van der Waals surface area contributed by atoms with Crippen LogP contribution in [0.25, 0.3) is 0 Å². The summed E-state index contributed by atoms with van der Waals surface area (Å²) >= 11 is 0. The summed E-state index contributed by atoms with van der Waals surface area (Å²) in [4.78, 5) is 16.0. The van der Waals surface area contributed by atoms with Gasteiger partial charge in [0, 0.05) is 32.6 Å². The fourth-order valence-electron chi connectivity index (χ4n) is 2.90. The van der Waals surface area contributed by atoms with Crippen LogP contribution < -0.4 is 16.0 Å². The van der Waals surface area contributed by atoms with Crippen LogP contribution in [-0.4, -0.2) is 38.0 Å². The second kappa shape index (κ2) is 12.1. The fraction of sp³-hybridized carbons (Fsp3) is 0.556. The average Bonchev–Trinajstić information content (AvgIpc) is 3.06. The number of nitrogens with zero attached hydrogens (tertiary/aromatic N) is 1. The Morgan fingerprint density at radius 3 is 2.64 bits per heavy atom. The van der Waals surface area contributed by atoms with Crippen molar-refractivity contribution in [2.45, 2.75) is 44.6 Å². The van der Waals surface area contributed by atoms with Gasteiger partial charge < -0.3 is 16.0 Å². The van der Waals surface area contributed by atoms with E-state index in [2.05, 4.69) is 20.9 Å². The highest BCUT2D eigenvalue weighted by atomic mass is 127. The maximum Gasteiger partial charge on any atom is 0.221 e. The van der Waals surface area contributed by atoms with Gasteiger partial charge >= 0.3 is 0 Å². The minimum absolute atomic E-state index is 0. The lowest BCUT2D eigenvalue weighted by atomic mass is 10.1. The first kappa shape index (κ1) is 21.7. The molecule has 0 heterocycles. The molecule has 1 amide bonds. The first-order chi connectivity index (χ1) is 11.7. The molecular formula is C18H28FIN4O. The first-order valence-electron chi connectivity index (χ1n) is 8.65. The van der Waals surface area contributed by atoms with Crippen molar-refractivity contribution >= 4 is 35.8 Å². The number of guanidine groups is 1. The highest BCUT2D eigenvalue weighted by Crippen LogP contribution is 2.17. The Labute approximate surface area is 166 Å². The molecule has 0 radical (unpaired) electrons. The van der Waals surface area contributed by atoms with Crippen LogP contribution in [0.2, 0.25) is 0 Å². The third-order valence-corrected chi connectivity index (χ3v) is 4.18. The van der Waals surface area contributed by atoms with Crippen molar-refractivity contribution in [2.24, 2.45) is 4.99 Å². The normalized spacial score (nSPS) is 14.7. The van der Waals surface area contributed by atoms with Crippen molar-refractivity contribution in [3.05, 3.63) is 35.6 Å². The van der Waals surface area contributed by atoms with E-state index in [0.717, 1.165) is 18.4 Å². The number of halogens is 2. The van der Waals surface area contributed by atoms with Gasteiger partial charge in [0.2, 0.25) is 5.91 Å². The van der Waals surface area contributed by atoms with Crippen molar-refractivity contribution < 1.29 is 9.18 Å². The van der Waals surface area contributed by atoms with Gasteiger partial charge in [-0.05, 0) is 37.0 Å². The van der Waals surface area contributed by atoms with E-state index in [9.17, 15) is 9.18 Å². The van der Waals surface area contributed by atoms with E-state index in [-0.39, 0.29) is 35.7 Å². The summed E-state index contributed by atoms with van der Waals surface area (Å²) in [5, 5.41) is 9.36. The van der Waals surface area contributed by atoms with Crippen LogP contribution in [0.4, 0.5) is 4.39 Å². The van der Waals surface area contributed by atoms with Crippen molar-refractivity contribution in [1.82, 2.24) is 16.0 Å². The number of carbonyl (C=O) groups is 1. The zero-order valence-corrected chi connectivity index (χ0v) is 17.0. The third-order valence-electron chi connectivity index (χ3n) is 4.18. The molecule has 0 unspecified atom stereocenters. The maximum atomic E-state index is 13.1. The predicted molar refractivity (Wildman–Crippen MR) is 110 cm³/mol. The van der Waals surface area contributed by atoms with Crippen LogP contribution >= 0.6 is 24.0 Å². The van der Waals surface area contributed by atoms with Gasteiger partial charge in [-0.3, -0.25) is 9.79 Å². The highest BCUT2D eigenvalue weighted by molar-refractivity contribution is 14.0. The van der Waals surface area contributed by atoms with Crippen molar-refractivity contribution in [3.63, 3.8) is 0 Å². The van der Waals surface area contributed by atoms with Gasteiger partial charge in [-0.1, -0.05) is 25.0 Å². The number of carbonyl (C=O) groups excluding carboxylic acids is 1. The van der Waals surface area contributed by atoms with Gasteiger partial charge in [-0.15, -0.1) is 24.0 Å². The SMILES string of the molecule is CN=C(NCCC(=O)NC1CCCC1)NCCc1cccc(F)c1.I. The van der Waals surface area contributed by atoms with Crippen molar-refractivity contribution in [2.75, 3.05) is 20.1 Å². The van der Waals surface area contributed by atoms with E-state index >= 15 is 0 Å². The molecule has 1 aliphatic carbocycles. The summed E-state index contributed by atoms with van der Waals surface area (Å²) in [5.74, 6) is 0.521. The monoisotopic (exact) mass is 462 g/mol. The fourth-order valence-corrected chi connectivity index (χ4v) is 2.90. The molecule has 25 heavy (non-hydrogen) atoms. The molecule has 0 aromatic heterocycles. The molecule has 7 heteroatoms. The Morgan fingerprint density at radius 1 is 1.24 bits per heavy atom. The lowest BCUT2D eigenvalue weighted by Gasteiger charge is -2.14. The number of hydrogen-bond donors (Lipinski definition) is 3. The molecule has 1 fully saturated rings. The Balaban J connectivity index is 0.00000312. The summed E-state index contributed by atoms with van der Waals surface area (Å²) in [6.07, 6.45) is 5.77. The molecule has 3 N–H and O–H groups in total. The molecule has 2 rings (SSSR count). The Hall–Kier alpha value is -1.38. The van der Waals surface area contributed by atoms with Crippen LogP contribution in [0.3, 0.4) is 0 Å². The van der Waals surface area contributed by atoms with Crippen molar-refractivity contribution in [1.29, 1.82) is 0 Å². The third kappa shape index (κ3) is 8.51. The van der Waals surface area contributed by atoms with E-state index in [1.54, 1.807) is 13.1 Å². The van der Waals surface area contributed by atoms with Crippen LogP contribution in [0.15, 0.2) is 29.3 Å². The lowest BCUT2D eigenvalue weighted by molar-refractivity contribution is -0.121. The molecule has 1 aliphatic rings. The number of aliphatic imine (C=N–C) groups is 1. The van der Waals surface area contributed by atoms with E-state index in [0.29, 0.717) is 37.9 Å². The molecule has 0 aliphatic heterocycles. The molecule has 0 atom stereocenters. The zero-order chi connectivity index (χ0) is 17.2. The molecule has 1 aromatic rings. The second-order valence-electron chi connectivity index (χ2n) is 6.10. The average molecular weight is 462 g/mol. The number of hydrogen-bond acceptors (Lipinski definition) is 2. The molecular weight excluding hydrogens is 434 g/mol. The van der Waals surface area contributed by atoms with Gasteiger partial charge in [0.05, 0.1) is 0 Å². The second-order valence-corrected chi connectivity index (χ2v) is 6.10. The smallest absolute Gasteiger partial charge is 0.221 e. The Kier molecular flexibility index (Phi) is 10.4. The number of amides is 1. The summed E-state index contributed by atoms with van der Waals surface area (Å²) in [5.41, 5.74) is 0.939. The molecule has 140 valence electrons. The van der Waals surface area contributed by atoms with Gasteiger partial charge in [0.25, 0.3) is 0 Å². The molecule has 1 aromatic carbocycles. The molecule has 0 spiro atoms. The van der Waals surface area contributed by atoms with Gasteiger partial charge in [-0.25, -0.2) is 4.39 Å². The van der Waals surface area contributed by atoms with E-state index in [1.165, 1.54) is 25.0 Å². The quantitative estimate of drug-likeness (QED) is 0.332. The van der Waals surface area contributed by atoms with Gasteiger partial charge in [0.1, 0.15) is 5.82 Å².